The van der Waals surface area contributed by atoms with Crippen LogP contribution in [0.5, 0.6) is 5.75 Å². The van der Waals surface area contributed by atoms with Crippen molar-refractivity contribution in [1.29, 1.82) is 0 Å². The number of ether oxygens (including phenoxy) is 2. The van der Waals surface area contributed by atoms with Gasteiger partial charge in [0.25, 0.3) is 0 Å². The Morgan fingerprint density at radius 3 is 2.91 bits per heavy atom. The van der Waals surface area contributed by atoms with E-state index in [1.165, 1.54) is 11.1 Å². The zero-order valence-electron chi connectivity index (χ0n) is 13.1. The maximum absolute atomic E-state index is 6.21. The molecule has 2 aromatic carbocycles. The summed E-state index contributed by atoms with van der Waals surface area (Å²) in [4.78, 5) is 0. The minimum atomic E-state index is 0.0913. The largest absolute Gasteiger partial charge is 0.496 e. The van der Waals surface area contributed by atoms with E-state index in [0.29, 0.717) is 5.92 Å². The molecule has 1 saturated heterocycles. The van der Waals surface area contributed by atoms with E-state index in [1.807, 2.05) is 30.3 Å². The van der Waals surface area contributed by atoms with Crippen molar-refractivity contribution in [3.63, 3.8) is 0 Å². The topological polar surface area (TPSA) is 30.5 Å². The molecule has 0 radical (unpaired) electrons. The van der Waals surface area contributed by atoms with Crippen molar-refractivity contribution in [3.8, 4) is 5.75 Å². The van der Waals surface area contributed by atoms with Gasteiger partial charge in [-0.15, -0.1) is 0 Å². The van der Waals surface area contributed by atoms with Crippen molar-refractivity contribution in [2.45, 2.75) is 25.0 Å². The first-order valence-electron chi connectivity index (χ1n) is 8.08. The summed E-state index contributed by atoms with van der Waals surface area (Å²) in [5, 5.41) is 4.45. The molecule has 0 aliphatic carbocycles. The summed E-state index contributed by atoms with van der Waals surface area (Å²) in [6.07, 6.45) is 2.31. The molecule has 1 fully saturated rings. The molecule has 2 heterocycles. The molecule has 4 heteroatoms. The molecule has 3 unspecified atom stereocenters. The van der Waals surface area contributed by atoms with Crippen molar-refractivity contribution in [2.24, 2.45) is 5.92 Å². The van der Waals surface area contributed by atoms with Gasteiger partial charge in [-0.2, -0.15) is 0 Å². The molecule has 2 aliphatic rings. The predicted molar refractivity (Wildman–Crippen MR) is 92.2 cm³/mol. The van der Waals surface area contributed by atoms with Crippen molar-refractivity contribution < 1.29 is 9.47 Å². The minimum absolute atomic E-state index is 0.0913. The number of rotatable bonds is 2. The highest BCUT2D eigenvalue weighted by Crippen LogP contribution is 2.50. The van der Waals surface area contributed by atoms with E-state index >= 15 is 0 Å². The highest BCUT2D eigenvalue weighted by Gasteiger charge is 2.40. The Morgan fingerprint density at radius 2 is 2.04 bits per heavy atom. The van der Waals surface area contributed by atoms with Crippen LogP contribution in [0, 0.1) is 5.92 Å². The summed E-state index contributed by atoms with van der Waals surface area (Å²) >= 11 is 6.21. The Bertz CT molecular complexity index is 718. The lowest BCUT2D eigenvalue weighted by Gasteiger charge is -2.43. The molecular weight excluding hydrogens is 310 g/mol. The van der Waals surface area contributed by atoms with Crippen LogP contribution in [0.3, 0.4) is 0 Å². The Labute approximate surface area is 141 Å². The molecule has 0 spiro atoms. The smallest absolute Gasteiger partial charge is 0.124 e. The van der Waals surface area contributed by atoms with Gasteiger partial charge in [-0.05, 0) is 37.1 Å². The SMILES string of the molecule is COc1ccccc1C1Nc2ccc(Cl)cc2C2OCCCC12. The van der Waals surface area contributed by atoms with Gasteiger partial charge in [-0.3, -0.25) is 0 Å². The standard InChI is InChI=1S/C19H20ClNO2/c1-22-17-7-3-2-5-13(17)18-14-6-4-10-23-19(14)15-11-12(20)8-9-16(15)21-18/h2-3,5,7-9,11,14,18-19,21H,4,6,10H2,1H3. The van der Waals surface area contributed by atoms with Crippen LogP contribution in [0.4, 0.5) is 5.69 Å². The summed E-state index contributed by atoms with van der Waals surface area (Å²) in [7, 11) is 1.73. The molecule has 4 rings (SSSR count). The maximum atomic E-state index is 6.21. The van der Waals surface area contributed by atoms with Gasteiger partial charge in [0.05, 0.1) is 19.3 Å². The average Bonchev–Trinajstić information content (AvgIpc) is 2.61. The highest BCUT2D eigenvalue weighted by molar-refractivity contribution is 6.30. The van der Waals surface area contributed by atoms with Crippen molar-refractivity contribution in [3.05, 3.63) is 58.6 Å². The maximum Gasteiger partial charge on any atom is 0.124 e. The third kappa shape index (κ3) is 2.58. The van der Waals surface area contributed by atoms with E-state index in [9.17, 15) is 0 Å². The van der Waals surface area contributed by atoms with E-state index in [2.05, 4.69) is 17.4 Å². The van der Waals surface area contributed by atoms with Gasteiger partial charge in [0.15, 0.2) is 0 Å². The predicted octanol–water partition coefficient (Wildman–Crippen LogP) is 4.98. The van der Waals surface area contributed by atoms with Crippen molar-refractivity contribution >= 4 is 17.3 Å². The Morgan fingerprint density at radius 1 is 1.17 bits per heavy atom. The number of halogens is 1. The van der Waals surface area contributed by atoms with E-state index in [1.54, 1.807) is 7.11 Å². The van der Waals surface area contributed by atoms with E-state index in [0.717, 1.165) is 35.9 Å². The molecule has 0 aromatic heterocycles. The fourth-order valence-electron chi connectivity index (χ4n) is 3.87. The van der Waals surface area contributed by atoms with Gasteiger partial charge in [0, 0.05) is 34.4 Å². The fourth-order valence-corrected chi connectivity index (χ4v) is 4.05. The van der Waals surface area contributed by atoms with Gasteiger partial charge in [0.1, 0.15) is 5.75 Å². The van der Waals surface area contributed by atoms with Crippen LogP contribution in [0.1, 0.15) is 36.1 Å². The van der Waals surface area contributed by atoms with E-state index in [-0.39, 0.29) is 12.1 Å². The molecule has 120 valence electrons. The van der Waals surface area contributed by atoms with Crippen molar-refractivity contribution in [2.75, 3.05) is 19.0 Å². The highest BCUT2D eigenvalue weighted by atomic mass is 35.5. The molecule has 23 heavy (non-hydrogen) atoms. The van der Waals surface area contributed by atoms with Crippen LogP contribution in [-0.4, -0.2) is 13.7 Å². The van der Waals surface area contributed by atoms with Gasteiger partial charge in [-0.1, -0.05) is 29.8 Å². The first-order valence-corrected chi connectivity index (χ1v) is 8.46. The Kier molecular flexibility index (Phi) is 3.92. The van der Waals surface area contributed by atoms with Gasteiger partial charge in [0.2, 0.25) is 0 Å². The molecule has 1 N–H and O–H groups in total. The summed E-state index contributed by atoms with van der Waals surface area (Å²) in [6, 6.07) is 14.4. The minimum Gasteiger partial charge on any atom is -0.496 e. The Hall–Kier alpha value is -1.71. The van der Waals surface area contributed by atoms with Crippen molar-refractivity contribution in [1.82, 2.24) is 0 Å². The number of benzene rings is 2. The summed E-state index contributed by atoms with van der Waals surface area (Å²) in [5.41, 5.74) is 3.47. The van der Waals surface area contributed by atoms with Crippen LogP contribution in [0.2, 0.25) is 5.02 Å². The number of fused-ring (bicyclic) bond motifs is 3. The van der Waals surface area contributed by atoms with Crippen LogP contribution in [-0.2, 0) is 4.74 Å². The fraction of sp³-hybridized carbons (Fsp3) is 0.368. The van der Waals surface area contributed by atoms with Crippen LogP contribution < -0.4 is 10.1 Å². The third-order valence-electron chi connectivity index (χ3n) is 4.90. The molecule has 2 aliphatic heterocycles. The second-order valence-corrected chi connectivity index (χ2v) is 6.63. The molecule has 2 aromatic rings. The lowest BCUT2D eigenvalue weighted by Crippen LogP contribution is -2.36. The van der Waals surface area contributed by atoms with E-state index < -0.39 is 0 Å². The summed E-state index contributed by atoms with van der Waals surface area (Å²) in [5.74, 6) is 1.30. The normalized spacial score (nSPS) is 25.9. The van der Waals surface area contributed by atoms with Gasteiger partial charge >= 0.3 is 0 Å². The number of methoxy groups -OCH3 is 1. The summed E-state index contributed by atoms with van der Waals surface area (Å²) in [6.45, 7) is 0.811. The third-order valence-corrected chi connectivity index (χ3v) is 5.14. The summed E-state index contributed by atoms with van der Waals surface area (Å²) < 4.78 is 11.7. The molecule has 0 saturated carbocycles. The number of hydrogen-bond acceptors (Lipinski definition) is 3. The molecular formula is C19H20ClNO2. The van der Waals surface area contributed by atoms with E-state index in [4.69, 9.17) is 21.1 Å². The van der Waals surface area contributed by atoms with Crippen LogP contribution in [0.15, 0.2) is 42.5 Å². The average molecular weight is 330 g/mol. The first kappa shape index (κ1) is 14.9. The molecule has 0 bridgehead atoms. The second-order valence-electron chi connectivity index (χ2n) is 6.19. The first-order chi connectivity index (χ1) is 11.3. The zero-order chi connectivity index (χ0) is 15.8. The number of hydrogen-bond donors (Lipinski definition) is 1. The number of nitrogens with one attached hydrogen (secondary N) is 1. The lowest BCUT2D eigenvalue weighted by molar-refractivity contribution is -0.0383. The van der Waals surface area contributed by atoms with Gasteiger partial charge in [-0.25, -0.2) is 0 Å². The zero-order valence-corrected chi connectivity index (χ0v) is 13.8. The Balaban J connectivity index is 1.80. The monoisotopic (exact) mass is 329 g/mol. The molecule has 3 atom stereocenters. The quantitative estimate of drug-likeness (QED) is 0.842. The van der Waals surface area contributed by atoms with Crippen LogP contribution in [0.25, 0.3) is 0 Å². The van der Waals surface area contributed by atoms with Crippen LogP contribution >= 0.6 is 11.6 Å². The lowest BCUT2D eigenvalue weighted by atomic mass is 9.77. The van der Waals surface area contributed by atoms with Gasteiger partial charge < -0.3 is 14.8 Å². The molecule has 0 amide bonds. The number of para-hydroxylation sites is 1. The second kappa shape index (κ2) is 6.06. The number of anilines is 1. The molecule has 3 nitrogen and oxygen atoms in total.